The highest BCUT2D eigenvalue weighted by atomic mass is 19.1. The molecule has 0 amide bonds. The number of fused-ring (bicyclic) bond motifs is 1. The fourth-order valence-corrected chi connectivity index (χ4v) is 1.76. The first-order valence-corrected chi connectivity index (χ1v) is 5.03. The Balaban J connectivity index is 2.83. The van der Waals surface area contributed by atoms with Gasteiger partial charge in [0.1, 0.15) is 5.82 Å². The van der Waals surface area contributed by atoms with Crippen LogP contribution >= 0.6 is 0 Å². The Morgan fingerprint density at radius 1 is 1.07 bits per heavy atom. The largest absolute Gasteiger partial charge is 0.264 e. The topological polar surface area (TPSA) is 12.9 Å². The van der Waals surface area contributed by atoms with Gasteiger partial charge >= 0.3 is 0 Å². The Morgan fingerprint density at radius 2 is 1.80 bits per heavy atom. The summed E-state index contributed by atoms with van der Waals surface area (Å²) in [7, 11) is 0. The van der Waals surface area contributed by atoms with Crippen molar-refractivity contribution in [2.45, 2.75) is 26.2 Å². The number of nitrogens with zero attached hydrogens (tertiary/aromatic N) is 1. The maximum Gasteiger partial charge on any atom is 0.132 e. The monoisotopic (exact) mass is 203 g/mol. The van der Waals surface area contributed by atoms with Gasteiger partial charge in [-0.1, -0.05) is 32.9 Å². The van der Waals surface area contributed by atoms with Gasteiger partial charge in [0.25, 0.3) is 0 Å². The minimum Gasteiger partial charge on any atom is -0.264 e. The van der Waals surface area contributed by atoms with Crippen molar-refractivity contribution in [3.05, 3.63) is 42.0 Å². The van der Waals surface area contributed by atoms with Crippen molar-refractivity contribution >= 4 is 10.8 Å². The average molecular weight is 203 g/mol. The van der Waals surface area contributed by atoms with Gasteiger partial charge in [-0.15, -0.1) is 0 Å². The summed E-state index contributed by atoms with van der Waals surface area (Å²) in [6, 6.07) is 5.16. The van der Waals surface area contributed by atoms with Gasteiger partial charge in [0.15, 0.2) is 0 Å². The van der Waals surface area contributed by atoms with E-state index in [9.17, 15) is 4.39 Å². The van der Waals surface area contributed by atoms with Crippen LogP contribution in [0.5, 0.6) is 0 Å². The molecule has 1 aromatic carbocycles. The van der Waals surface area contributed by atoms with Crippen molar-refractivity contribution in [2.24, 2.45) is 0 Å². The van der Waals surface area contributed by atoms with Crippen LogP contribution in [0.15, 0.2) is 30.6 Å². The van der Waals surface area contributed by atoms with Crippen LogP contribution in [0.25, 0.3) is 10.8 Å². The Morgan fingerprint density at radius 3 is 2.47 bits per heavy atom. The first-order valence-electron chi connectivity index (χ1n) is 5.03. The standard InChI is InChI=1S/C13H14FN/c1-13(2,3)11-8-15-7-10-9(11)5-4-6-12(10)14/h4-8H,1-3H3. The van der Waals surface area contributed by atoms with Gasteiger partial charge in [0.2, 0.25) is 0 Å². The lowest BCUT2D eigenvalue weighted by molar-refractivity contribution is 0.592. The molecule has 15 heavy (non-hydrogen) atoms. The van der Waals surface area contributed by atoms with Crippen molar-refractivity contribution in [1.29, 1.82) is 0 Å². The minimum absolute atomic E-state index is 0.0136. The number of rotatable bonds is 0. The molecule has 0 aliphatic carbocycles. The zero-order valence-corrected chi connectivity index (χ0v) is 9.21. The number of benzene rings is 1. The maximum atomic E-state index is 13.5. The average Bonchev–Trinajstić information content (AvgIpc) is 2.16. The van der Waals surface area contributed by atoms with Crippen LogP contribution in [0.2, 0.25) is 0 Å². The van der Waals surface area contributed by atoms with E-state index >= 15 is 0 Å². The van der Waals surface area contributed by atoms with Crippen LogP contribution in [0.1, 0.15) is 26.3 Å². The van der Waals surface area contributed by atoms with Crippen LogP contribution in [-0.4, -0.2) is 4.98 Å². The molecule has 0 saturated heterocycles. The van der Waals surface area contributed by atoms with Crippen molar-refractivity contribution in [2.75, 3.05) is 0 Å². The molecule has 0 aliphatic rings. The third-order valence-electron chi connectivity index (χ3n) is 2.56. The smallest absolute Gasteiger partial charge is 0.132 e. The van der Waals surface area contributed by atoms with Gasteiger partial charge < -0.3 is 0 Å². The quantitative estimate of drug-likeness (QED) is 0.636. The van der Waals surface area contributed by atoms with Gasteiger partial charge in [-0.3, -0.25) is 4.98 Å². The molecule has 0 bridgehead atoms. The minimum atomic E-state index is -0.203. The van der Waals surface area contributed by atoms with Crippen LogP contribution in [0, 0.1) is 5.82 Å². The number of halogens is 1. The zero-order chi connectivity index (χ0) is 11.1. The molecule has 0 unspecified atom stereocenters. The lowest BCUT2D eigenvalue weighted by Crippen LogP contribution is -2.12. The Hall–Kier alpha value is -1.44. The van der Waals surface area contributed by atoms with E-state index in [1.807, 2.05) is 12.3 Å². The zero-order valence-electron chi connectivity index (χ0n) is 9.21. The molecule has 2 heteroatoms. The summed E-state index contributed by atoms with van der Waals surface area (Å²) in [4.78, 5) is 4.10. The fraction of sp³-hybridized carbons (Fsp3) is 0.308. The number of pyridine rings is 1. The second-order valence-electron chi connectivity index (χ2n) is 4.77. The third kappa shape index (κ3) is 1.72. The molecule has 0 spiro atoms. The molecular weight excluding hydrogens is 189 g/mol. The van der Waals surface area contributed by atoms with Crippen LogP contribution in [0.3, 0.4) is 0 Å². The van der Waals surface area contributed by atoms with Crippen molar-refractivity contribution in [3.63, 3.8) is 0 Å². The van der Waals surface area contributed by atoms with Crippen LogP contribution in [-0.2, 0) is 5.41 Å². The number of hydrogen-bond acceptors (Lipinski definition) is 1. The van der Waals surface area contributed by atoms with E-state index in [4.69, 9.17) is 0 Å². The second kappa shape index (κ2) is 3.30. The molecule has 1 aromatic heterocycles. The summed E-state index contributed by atoms with van der Waals surface area (Å²) < 4.78 is 13.5. The molecular formula is C13H14FN. The number of aromatic nitrogens is 1. The molecule has 0 N–H and O–H groups in total. The van der Waals surface area contributed by atoms with Crippen LogP contribution < -0.4 is 0 Å². The van der Waals surface area contributed by atoms with Crippen molar-refractivity contribution < 1.29 is 4.39 Å². The summed E-state index contributed by atoms with van der Waals surface area (Å²) in [5, 5.41) is 1.56. The third-order valence-corrected chi connectivity index (χ3v) is 2.56. The van der Waals surface area contributed by atoms with Gasteiger partial charge in [0, 0.05) is 17.8 Å². The van der Waals surface area contributed by atoms with E-state index < -0.39 is 0 Å². The Bertz CT molecular complexity index is 497. The fourth-order valence-electron chi connectivity index (χ4n) is 1.76. The molecule has 1 nitrogen and oxygen atoms in total. The summed E-state index contributed by atoms with van der Waals surface area (Å²) >= 11 is 0. The van der Waals surface area contributed by atoms with E-state index in [0.29, 0.717) is 5.39 Å². The molecule has 0 atom stereocenters. The highest BCUT2D eigenvalue weighted by Crippen LogP contribution is 2.29. The normalized spacial score (nSPS) is 12.0. The first-order chi connectivity index (χ1) is 7.00. The summed E-state index contributed by atoms with van der Waals surface area (Å²) in [6.45, 7) is 6.32. The van der Waals surface area contributed by atoms with Crippen molar-refractivity contribution in [1.82, 2.24) is 4.98 Å². The van der Waals surface area contributed by atoms with E-state index in [0.717, 1.165) is 10.9 Å². The molecule has 2 rings (SSSR count). The first kappa shape index (κ1) is 10.1. The second-order valence-corrected chi connectivity index (χ2v) is 4.77. The van der Waals surface area contributed by atoms with Crippen LogP contribution in [0.4, 0.5) is 4.39 Å². The number of hydrogen-bond donors (Lipinski definition) is 0. The van der Waals surface area contributed by atoms with Gasteiger partial charge in [-0.2, -0.15) is 0 Å². The van der Waals surface area contributed by atoms with E-state index in [2.05, 4.69) is 25.8 Å². The highest BCUT2D eigenvalue weighted by Gasteiger charge is 2.17. The predicted octanol–water partition coefficient (Wildman–Crippen LogP) is 3.67. The SMILES string of the molecule is CC(C)(C)c1cncc2c(F)cccc12. The molecule has 0 radical (unpaired) electrons. The summed E-state index contributed by atoms with van der Waals surface area (Å²) in [5.41, 5.74) is 1.07. The molecule has 0 fully saturated rings. The van der Waals surface area contributed by atoms with E-state index in [1.54, 1.807) is 12.3 Å². The summed E-state index contributed by atoms with van der Waals surface area (Å²) in [5.74, 6) is -0.203. The Kier molecular flexibility index (Phi) is 2.22. The molecule has 2 aromatic rings. The van der Waals surface area contributed by atoms with E-state index in [1.165, 1.54) is 6.07 Å². The predicted molar refractivity (Wildman–Crippen MR) is 60.4 cm³/mol. The summed E-state index contributed by atoms with van der Waals surface area (Å²) in [6.07, 6.45) is 3.40. The van der Waals surface area contributed by atoms with Gasteiger partial charge in [0.05, 0.1) is 0 Å². The van der Waals surface area contributed by atoms with Gasteiger partial charge in [-0.05, 0) is 22.4 Å². The Labute approximate surface area is 89.0 Å². The maximum absolute atomic E-state index is 13.5. The highest BCUT2D eigenvalue weighted by molar-refractivity contribution is 5.86. The molecule has 1 heterocycles. The molecule has 0 saturated carbocycles. The van der Waals surface area contributed by atoms with E-state index in [-0.39, 0.29) is 11.2 Å². The van der Waals surface area contributed by atoms with Gasteiger partial charge in [-0.25, -0.2) is 4.39 Å². The molecule has 0 aliphatic heterocycles. The van der Waals surface area contributed by atoms with Crippen molar-refractivity contribution in [3.8, 4) is 0 Å². The molecule has 78 valence electrons. The lowest BCUT2D eigenvalue weighted by atomic mass is 9.85. The lowest BCUT2D eigenvalue weighted by Gasteiger charge is -2.20.